The molecule has 1 aromatic rings. The summed E-state index contributed by atoms with van der Waals surface area (Å²) in [6.07, 6.45) is 4.57. The van der Waals surface area contributed by atoms with E-state index in [2.05, 4.69) is 6.07 Å². The van der Waals surface area contributed by atoms with Gasteiger partial charge < -0.3 is 24.8 Å². The monoisotopic (exact) mass is 425 g/mol. The van der Waals surface area contributed by atoms with E-state index in [1.54, 1.807) is 24.3 Å². The van der Waals surface area contributed by atoms with Gasteiger partial charge in [0.1, 0.15) is 6.04 Å². The van der Waals surface area contributed by atoms with E-state index in [0.717, 1.165) is 0 Å². The number of fused-ring (bicyclic) bond motifs is 1. The quantitative estimate of drug-likeness (QED) is 0.669. The van der Waals surface area contributed by atoms with Gasteiger partial charge in [0.2, 0.25) is 5.91 Å². The van der Waals surface area contributed by atoms with Gasteiger partial charge in [-0.2, -0.15) is 5.26 Å². The molecule has 2 aliphatic heterocycles. The molecule has 3 rings (SSSR count). The minimum Gasteiger partial charge on any atom is -0.493 e. The number of carbonyl (C=O) groups excluding carboxylic acids is 3. The summed E-state index contributed by atoms with van der Waals surface area (Å²) in [6, 6.07) is 5.01. The molecule has 2 N–H and O–H groups in total. The molecule has 2 heterocycles. The second kappa shape index (κ2) is 8.14. The van der Waals surface area contributed by atoms with Crippen LogP contribution in [0.25, 0.3) is 0 Å². The Morgan fingerprint density at radius 3 is 2.35 bits per heavy atom. The van der Waals surface area contributed by atoms with Gasteiger partial charge in [0, 0.05) is 17.7 Å². The highest BCUT2D eigenvalue weighted by Gasteiger charge is 2.66. The van der Waals surface area contributed by atoms with Crippen LogP contribution in [0.2, 0.25) is 0 Å². The Kier molecular flexibility index (Phi) is 5.75. The third-order valence-corrected chi connectivity index (χ3v) is 5.83. The van der Waals surface area contributed by atoms with E-state index >= 15 is 0 Å². The van der Waals surface area contributed by atoms with Crippen LogP contribution in [0.5, 0.6) is 11.5 Å². The topological polar surface area (TPSA) is 132 Å². The predicted molar refractivity (Wildman–Crippen MR) is 109 cm³/mol. The fraction of sp³-hybridized carbons (Fsp3) is 0.364. The maximum Gasteiger partial charge on any atom is 0.329 e. The minimum atomic E-state index is -1.80. The van der Waals surface area contributed by atoms with Crippen LogP contribution >= 0.6 is 0 Å². The van der Waals surface area contributed by atoms with E-state index in [0.29, 0.717) is 22.6 Å². The van der Waals surface area contributed by atoms with Crippen molar-refractivity contribution in [2.24, 2.45) is 11.1 Å². The molecule has 0 radical (unpaired) electrons. The lowest BCUT2D eigenvalue weighted by atomic mass is 9.68. The highest BCUT2D eigenvalue weighted by Crippen LogP contribution is 2.54. The van der Waals surface area contributed by atoms with Gasteiger partial charge in [0.25, 0.3) is 0 Å². The molecular formula is C22H23N3O6. The van der Waals surface area contributed by atoms with Gasteiger partial charge in [0.05, 0.1) is 33.4 Å². The summed E-state index contributed by atoms with van der Waals surface area (Å²) < 4.78 is 15.6. The Morgan fingerprint density at radius 2 is 1.84 bits per heavy atom. The third kappa shape index (κ3) is 3.20. The number of Topliss-reactive ketones (excluding diaryl/α,β-unsaturated/α-hetero) is 1. The number of ether oxygens (including phenoxy) is 3. The van der Waals surface area contributed by atoms with E-state index in [1.165, 1.54) is 45.4 Å². The maximum atomic E-state index is 13.1. The molecule has 1 saturated heterocycles. The van der Waals surface area contributed by atoms with Gasteiger partial charge in [-0.05, 0) is 24.6 Å². The van der Waals surface area contributed by atoms with E-state index in [1.807, 2.05) is 0 Å². The normalized spacial score (nSPS) is 26.4. The van der Waals surface area contributed by atoms with E-state index in [9.17, 15) is 19.6 Å². The average molecular weight is 425 g/mol. The lowest BCUT2D eigenvalue weighted by molar-refractivity contribution is -0.150. The number of allylic oxidation sites excluding steroid dienone is 2. The molecule has 1 fully saturated rings. The lowest BCUT2D eigenvalue weighted by Gasteiger charge is -2.32. The molecule has 4 atom stereocenters. The Morgan fingerprint density at radius 1 is 1.16 bits per heavy atom. The minimum absolute atomic E-state index is 0.229. The second-order valence-electron chi connectivity index (χ2n) is 7.30. The van der Waals surface area contributed by atoms with Gasteiger partial charge in [-0.1, -0.05) is 18.2 Å². The summed E-state index contributed by atoms with van der Waals surface area (Å²) in [5, 5.41) is 10.3. The van der Waals surface area contributed by atoms with Gasteiger partial charge in [-0.25, -0.2) is 0 Å². The number of amides is 1. The lowest BCUT2D eigenvalue weighted by Crippen LogP contribution is -2.45. The molecule has 31 heavy (non-hydrogen) atoms. The first-order valence-electron chi connectivity index (χ1n) is 9.46. The summed E-state index contributed by atoms with van der Waals surface area (Å²) in [5.41, 5.74) is 4.75. The molecule has 0 spiro atoms. The Bertz CT molecular complexity index is 1040. The molecule has 4 unspecified atom stereocenters. The van der Waals surface area contributed by atoms with E-state index in [-0.39, 0.29) is 5.78 Å². The number of ketones is 1. The van der Waals surface area contributed by atoms with Crippen molar-refractivity contribution in [1.29, 1.82) is 5.26 Å². The highest BCUT2D eigenvalue weighted by molar-refractivity contribution is 5.97. The Balaban J connectivity index is 2.31. The molecule has 0 saturated carbocycles. The fourth-order valence-corrected chi connectivity index (χ4v) is 4.43. The molecule has 1 aromatic carbocycles. The molecule has 9 nitrogen and oxygen atoms in total. The van der Waals surface area contributed by atoms with Crippen molar-refractivity contribution in [3.05, 3.63) is 47.7 Å². The number of carbonyl (C=O) groups is 3. The zero-order valence-electron chi connectivity index (χ0n) is 17.6. The number of benzene rings is 1. The molecule has 0 aromatic heterocycles. The fourth-order valence-electron chi connectivity index (χ4n) is 4.43. The molecule has 2 aliphatic rings. The first-order valence-corrected chi connectivity index (χ1v) is 9.46. The first kappa shape index (κ1) is 21.9. The van der Waals surface area contributed by atoms with Crippen LogP contribution in [0.3, 0.4) is 0 Å². The number of primary amides is 1. The number of methoxy groups -OCH3 is 3. The number of nitrogens with zero attached hydrogens (tertiary/aromatic N) is 2. The molecular weight excluding hydrogens is 402 g/mol. The Labute approximate surface area is 179 Å². The third-order valence-electron chi connectivity index (χ3n) is 5.83. The summed E-state index contributed by atoms with van der Waals surface area (Å²) in [5.74, 6) is -1.98. The number of esters is 1. The summed E-state index contributed by atoms with van der Waals surface area (Å²) in [6.45, 7) is 1.38. The van der Waals surface area contributed by atoms with Crippen LogP contribution in [0, 0.1) is 16.7 Å². The van der Waals surface area contributed by atoms with Crippen LogP contribution in [-0.4, -0.2) is 56.0 Å². The number of hydrogen-bond donors (Lipinski definition) is 1. The molecule has 9 heteroatoms. The van der Waals surface area contributed by atoms with Crippen molar-refractivity contribution in [3.8, 4) is 17.6 Å². The van der Waals surface area contributed by atoms with Crippen LogP contribution in [0.4, 0.5) is 0 Å². The number of nitrogens with two attached hydrogens (primary N) is 1. The number of nitriles is 1. The zero-order chi connectivity index (χ0) is 22.9. The maximum absolute atomic E-state index is 13.1. The number of hydrogen-bond acceptors (Lipinski definition) is 8. The van der Waals surface area contributed by atoms with Gasteiger partial charge in [0.15, 0.2) is 22.7 Å². The van der Waals surface area contributed by atoms with Crippen LogP contribution in [0.1, 0.15) is 18.4 Å². The van der Waals surface area contributed by atoms with Crippen molar-refractivity contribution in [2.75, 3.05) is 21.3 Å². The number of rotatable bonds is 6. The molecule has 0 bridgehead atoms. The zero-order valence-corrected chi connectivity index (χ0v) is 17.6. The highest BCUT2D eigenvalue weighted by atomic mass is 16.5. The van der Waals surface area contributed by atoms with Crippen molar-refractivity contribution >= 4 is 17.7 Å². The van der Waals surface area contributed by atoms with Gasteiger partial charge in [-0.15, -0.1) is 0 Å². The Hall–Kier alpha value is -3.80. The van der Waals surface area contributed by atoms with E-state index in [4.69, 9.17) is 19.9 Å². The summed E-state index contributed by atoms with van der Waals surface area (Å²) in [7, 11) is 4.11. The van der Waals surface area contributed by atoms with Gasteiger partial charge >= 0.3 is 5.97 Å². The summed E-state index contributed by atoms with van der Waals surface area (Å²) >= 11 is 0. The largest absolute Gasteiger partial charge is 0.493 e. The first-order chi connectivity index (χ1) is 14.8. The smallest absolute Gasteiger partial charge is 0.329 e. The van der Waals surface area contributed by atoms with Crippen molar-refractivity contribution in [3.63, 3.8) is 0 Å². The van der Waals surface area contributed by atoms with Crippen molar-refractivity contribution in [1.82, 2.24) is 4.90 Å². The van der Waals surface area contributed by atoms with Gasteiger partial charge in [-0.3, -0.25) is 14.4 Å². The predicted octanol–water partition coefficient (Wildman–Crippen LogP) is 1.05. The SMILES string of the molecule is COC(=O)C1(C#N)C(c2ccc(OC)c(OC)c2)C(C(N)=O)N2C=C(C(C)=O)C=CC21. The van der Waals surface area contributed by atoms with Crippen molar-refractivity contribution < 1.29 is 28.6 Å². The average Bonchev–Trinajstić information content (AvgIpc) is 3.08. The van der Waals surface area contributed by atoms with Crippen LogP contribution in [0.15, 0.2) is 42.1 Å². The van der Waals surface area contributed by atoms with E-state index < -0.39 is 35.3 Å². The summed E-state index contributed by atoms with van der Waals surface area (Å²) in [4.78, 5) is 39.1. The van der Waals surface area contributed by atoms with Crippen LogP contribution < -0.4 is 15.2 Å². The molecule has 162 valence electrons. The van der Waals surface area contributed by atoms with Crippen molar-refractivity contribution in [2.45, 2.75) is 24.9 Å². The molecule has 1 amide bonds. The standard InChI is InChI=1S/C22H23N3O6/c1-12(26)14-6-8-17-22(11-23,21(28)31-4)18(19(20(24)27)25(17)10-14)13-5-7-15(29-2)16(9-13)30-3/h5-10,17-19H,1-4H3,(H2,24,27). The molecule has 0 aliphatic carbocycles. The second-order valence-corrected chi connectivity index (χ2v) is 7.30. The van der Waals surface area contributed by atoms with Crippen LogP contribution in [-0.2, 0) is 19.1 Å².